The van der Waals surface area contributed by atoms with E-state index in [1.54, 1.807) is 53.7 Å². The van der Waals surface area contributed by atoms with E-state index in [1.807, 2.05) is 32.9 Å². The van der Waals surface area contributed by atoms with Crippen molar-refractivity contribution in [1.29, 1.82) is 0 Å². The summed E-state index contributed by atoms with van der Waals surface area (Å²) in [5.74, 6) is -2.82. The van der Waals surface area contributed by atoms with Crippen LogP contribution in [0, 0.1) is 11.3 Å². The van der Waals surface area contributed by atoms with Crippen LogP contribution < -0.4 is 20.7 Å². The second-order valence-electron chi connectivity index (χ2n) is 16.8. The monoisotopic (exact) mass is 731 g/mol. The number of rotatable bonds is 10. The van der Waals surface area contributed by atoms with Crippen LogP contribution in [-0.2, 0) is 39.3 Å². The number of amides is 5. The molecule has 2 aliphatic carbocycles. The number of anilines is 1. The molecule has 1 aromatic rings. The summed E-state index contributed by atoms with van der Waals surface area (Å²) in [5, 5.41) is 7.48. The third-order valence-electron chi connectivity index (χ3n) is 9.12. The zero-order chi connectivity index (χ0) is 38.3. The number of carbonyl (C=O) groups is 5. The lowest BCUT2D eigenvalue weighted by atomic mass is 9.85. The molecule has 5 atom stereocenters. The van der Waals surface area contributed by atoms with Gasteiger partial charge in [-0.1, -0.05) is 65.8 Å². The Kier molecular flexibility index (Phi) is 11.0. The Bertz CT molecular complexity index is 1670. The minimum atomic E-state index is -3.92. The van der Waals surface area contributed by atoms with Crippen LogP contribution in [0.2, 0.25) is 0 Å². The Morgan fingerprint density at radius 2 is 1.61 bits per heavy atom. The van der Waals surface area contributed by atoms with E-state index in [0.29, 0.717) is 18.5 Å². The van der Waals surface area contributed by atoms with Crippen LogP contribution in [0.25, 0.3) is 0 Å². The van der Waals surface area contributed by atoms with Gasteiger partial charge in [-0.3, -0.25) is 24.4 Å². The van der Waals surface area contributed by atoms with Crippen LogP contribution in [0.1, 0.15) is 93.6 Å². The van der Waals surface area contributed by atoms with Gasteiger partial charge in [0.2, 0.25) is 21.8 Å². The van der Waals surface area contributed by atoms with Crippen LogP contribution in [0.3, 0.4) is 0 Å². The molecule has 1 aromatic carbocycles. The molecule has 5 amide bonds. The molecule has 14 nitrogen and oxygen atoms in total. The molecule has 51 heavy (non-hydrogen) atoms. The highest BCUT2D eigenvalue weighted by molar-refractivity contribution is 7.91. The average molecular weight is 732 g/mol. The number of ether oxygens (including phenoxy) is 2. The fourth-order valence-corrected chi connectivity index (χ4v) is 7.53. The number of nitrogens with zero attached hydrogens (tertiary/aromatic N) is 1. The molecule has 1 aliphatic heterocycles. The van der Waals surface area contributed by atoms with E-state index < -0.39 is 85.8 Å². The smallest absolute Gasteiger partial charge is 0.411 e. The normalized spacial score (nSPS) is 24.1. The molecule has 282 valence electrons. The lowest BCUT2D eigenvalue weighted by molar-refractivity contribution is -0.143. The van der Waals surface area contributed by atoms with Crippen molar-refractivity contribution >= 4 is 45.6 Å². The van der Waals surface area contributed by atoms with Crippen LogP contribution in [0.4, 0.5) is 15.3 Å². The fourth-order valence-electron chi connectivity index (χ4n) is 6.17. The molecule has 0 radical (unpaired) electrons. The third-order valence-corrected chi connectivity index (χ3v) is 10.9. The third kappa shape index (κ3) is 9.60. The molecular formula is C36H53N5O9S. The van der Waals surface area contributed by atoms with Crippen molar-refractivity contribution in [3.8, 4) is 0 Å². The molecule has 2 saturated carbocycles. The summed E-state index contributed by atoms with van der Waals surface area (Å²) < 4.78 is 38.6. The average Bonchev–Trinajstić information content (AvgIpc) is 3.90. The van der Waals surface area contributed by atoms with E-state index in [1.165, 1.54) is 11.0 Å². The largest absolute Gasteiger partial charge is 0.444 e. The van der Waals surface area contributed by atoms with Crippen molar-refractivity contribution in [3.63, 3.8) is 0 Å². The first-order valence-electron chi connectivity index (χ1n) is 17.3. The van der Waals surface area contributed by atoms with Crippen molar-refractivity contribution in [3.05, 3.63) is 42.5 Å². The number of nitrogens with one attached hydrogen (secondary N) is 4. The molecular weight excluding hydrogens is 678 g/mol. The molecule has 1 saturated heterocycles. The van der Waals surface area contributed by atoms with Crippen LogP contribution in [-0.4, -0.2) is 84.3 Å². The summed E-state index contributed by atoms with van der Waals surface area (Å²) in [5.41, 5.74) is -2.18. The molecule has 15 heteroatoms. The van der Waals surface area contributed by atoms with Crippen molar-refractivity contribution < 1.29 is 41.9 Å². The summed E-state index contributed by atoms with van der Waals surface area (Å²) in [6.45, 7) is 19.8. The molecule has 3 fully saturated rings. The van der Waals surface area contributed by atoms with E-state index in [0.717, 1.165) is 5.56 Å². The number of benzene rings is 1. The number of likely N-dealkylation sites (tertiary alicyclic amines) is 1. The van der Waals surface area contributed by atoms with Gasteiger partial charge in [-0.25, -0.2) is 18.0 Å². The van der Waals surface area contributed by atoms with Gasteiger partial charge in [-0.2, -0.15) is 0 Å². The maximum atomic E-state index is 14.3. The second-order valence-corrected chi connectivity index (χ2v) is 18.8. The number of sulfonamides is 1. The van der Waals surface area contributed by atoms with Gasteiger partial charge in [0, 0.05) is 18.0 Å². The van der Waals surface area contributed by atoms with Gasteiger partial charge in [0.05, 0.1) is 11.8 Å². The van der Waals surface area contributed by atoms with Crippen molar-refractivity contribution in [2.75, 3.05) is 11.9 Å². The zero-order valence-electron chi connectivity index (χ0n) is 31.0. The van der Waals surface area contributed by atoms with Gasteiger partial charge in [-0.15, -0.1) is 6.58 Å². The number of hydrogen-bond acceptors (Lipinski definition) is 9. The SMILES string of the molecule is C=CC1C[C@]1(NC(=O)[C@@H]1C[C@@H](OC(=O)Nc2ccccc2C(C)(C)C)CN1C(=O)[C@@H](NC(=O)OC(C)(C)C)C(C)(C)C)C(=O)NS(=O)(=O)C1CC1. The summed E-state index contributed by atoms with van der Waals surface area (Å²) in [6, 6.07) is 4.87. The standard InChI is InChI=1S/C36H53N5O9S/c1-11-21-19-36(21,30(44)40-51(47,48)23-16-17-23)39-28(42)26-18-22(49-31(45)37-25-15-13-12-14-24(25)33(2,3)4)20-41(26)29(43)27(34(5,6)7)38-32(46)50-35(8,9)10/h11-15,21-23,26-27H,1,16-20H2,2-10H3,(H,37,45)(H,38,46)(H,39,42)(H,40,44)/t21?,22-,26+,27-,36-/m1/s1. The minimum absolute atomic E-state index is 0.106. The zero-order valence-corrected chi connectivity index (χ0v) is 31.9. The van der Waals surface area contributed by atoms with Crippen molar-refractivity contribution in [1.82, 2.24) is 20.3 Å². The Morgan fingerprint density at radius 1 is 0.980 bits per heavy atom. The van der Waals surface area contributed by atoms with Gasteiger partial charge in [0.15, 0.2) is 0 Å². The number of alkyl carbamates (subject to hydrolysis) is 1. The van der Waals surface area contributed by atoms with E-state index in [9.17, 15) is 32.4 Å². The summed E-state index contributed by atoms with van der Waals surface area (Å²) in [6.07, 6.45) is -0.263. The number of para-hydroxylation sites is 1. The highest BCUT2D eigenvalue weighted by Gasteiger charge is 2.62. The summed E-state index contributed by atoms with van der Waals surface area (Å²) >= 11 is 0. The summed E-state index contributed by atoms with van der Waals surface area (Å²) in [7, 11) is -3.92. The highest BCUT2D eigenvalue weighted by atomic mass is 32.2. The summed E-state index contributed by atoms with van der Waals surface area (Å²) in [4.78, 5) is 69.2. The number of carbonyl (C=O) groups excluding carboxylic acids is 5. The molecule has 4 rings (SSSR count). The van der Waals surface area contributed by atoms with Crippen LogP contribution in [0.15, 0.2) is 36.9 Å². The Morgan fingerprint density at radius 3 is 2.14 bits per heavy atom. The van der Waals surface area contributed by atoms with Gasteiger partial charge < -0.3 is 25.0 Å². The highest BCUT2D eigenvalue weighted by Crippen LogP contribution is 2.45. The molecule has 1 unspecified atom stereocenters. The first-order valence-corrected chi connectivity index (χ1v) is 18.8. The second kappa shape index (κ2) is 14.1. The topological polar surface area (TPSA) is 189 Å². The molecule has 0 spiro atoms. The van der Waals surface area contributed by atoms with Gasteiger partial charge in [0.25, 0.3) is 5.91 Å². The first kappa shape index (κ1) is 39.6. The first-order chi connectivity index (χ1) is 23.4. The fraction of sp³-hybridized carbons (Fsp3) is 0.639. The van der Waals surface area contributed by atoms with Gasteiger partial charge in [0.1, 0.15) is 29.3 Å². The van der Waals surface area contributed by atoms with E-state index in [2.05, 4.69) is 27.3 Å². The van der Waals surface area contributed by atoms with Crippen LogP contribution >= 0.6 is 0 Å². The molecule has 3 aliphatic rings. The Balaban J connectivity index is 1.61. The lowest BCUT2D eigenvalue weighted by Crippen LogP contribution is -2.60. The quantitative estimate of drug-likeness (QED) is 0.257. The molecule has 0 bridgehead atoms. The van der Waals surface area contributed by atoms with E-state index in [-0.39, 0.29) is 24.8 Å². The Labute approximate surface area is 300 Å². The van der Waals surface area contributed by atoms with Gasteiger partial charge >= 0.3 is 12.2 Å². The van der Waals surface area contributed by atoms with E-state index in [4.69, 9.17) is 9.47 Å². The maximum absolute atomic E-state index is 14.3. The molecule has 1 heterocycles. The Hall–Kier alpha value is -4.14. The van der Waals surface area contributed by atoms with Crippen LogP contribution in [0.5, 0.6) is 0 Å². The lowest BCUT2D eigenvalue weighted by Gasteiger charge is -2.36. The molecule has 4 N–H and O–H groups in total. The van der Waals surface area contributed by atoms with Crippen molar-refractivity contribution in [2.24, 2.45) is 11.3 Å². The predicted octanol–water partition coefficient (Wildman–Crippen LogP) is 4.11. The minimum Gasteiger partial charge on any atom is -0.444 e. The predicted molar refractivity (Wildman–Crippen MR) is 191 cm³/mol. The van der Waals surface area contributed by atoms with E-state index >= 15 is 0 Å². The maximum Gasteiger partial charge on any atom is 0.411 e. The van der Waals surface area contributed by atoms with Gasteiger partial charge in [-0.05, 0) is 62.5 Å². The number of hydrogen-bond donors (Lipinski definition) is 4. The molecule has 0 aromatic heterocycles. The van der Waals surface area contributed by atoms with Crippen molar-refractivity contribution in [2.45, 2.75) is 128 Å².